The van der Waals surface area contributed by atoms with Crippen molar-refractivity contribution in [3.63, 3.8) is 0 Å². The highest BCUT2D eigenvalue weighted by molar-refractivity contribution is 5.81. The third-order valence-electron chi connectivity index (χ3n) is 2.39. The molecule has 1 aromatic heterocycles. The van der Waals surface area contributed by atoms with E-state index in [0.717, 1.165) is 5.69 Å². The molecule has 0 saturated heterocycles. The van der Waals surface area contributed by atoms with E-state index in [1.807, 2.05) is 0 Å². The van der Waals surface area contributed by atoms with Gasteiger partial charge in [0.05, 0.1) is 18.5 Å². The van der Waals surface area contributed by atoms with Crippen LogP contribution in [-0.4, -0.2) is 23.0 Å². The van der Waals surface area contributed by atoms with Crippen LogP contribution in [0, 0.1) is 0 Å². The summed E-state index contributed by atoms with van der Waals surface area (Å²) in [6, 6.07) is 0. The van der Waals surface area contributed by atoms with Gasteiger partial charge in [-0.15, -0.1) is 6.58 Å². The number of hydrogen-bond donors (Lipinski definition) is 0. The van der Waals surface area contributed by atoms with Crippen LogP contribution in [0.15, 0.2) is 25.0 Å². The van der Waals surface area contributed by atoms with Crippen LogP contribution in [-0.2, 0) is 21.4 Å². The van der Waals surface area contributed by atoms with E-state index in [0.29, 0.717) is 12.1 Å². The Hall–Kier alpha value is -1.71. The molecule has 0 atom stereocenters. The van der Waals surface area contributed by atoms with Crippen molar-refractivity contribution in [1.29, 1.82) is 0 Å². The van der Waals surface area contributed by atoms with E-state index in [2.05, 4.69) is 16.5 Å². The van der Waals surface area contributed by atoms with Crippen molar-refractivity contribution in [3.05, 3.63) is 36.4 Å². The van der Waals surface area contributed by atoms with Crippen LogP contribution in [0.5, 0.6) is 0 Å². The smallest absolute Gasteiger partial charge is 0.317 e. The second-order valence-corrected chi connectivity index (χ2v) is 4.00. The number of methoxy groups -OCH3 is 1. The Kier molecular flexibility index (Phi) is 3.77. The molecule has 1 aromatic rings. The van der Waals surface area contributed by atoms with Gasteiger partial charge in [0.25, 0.3) is 0 Å². The molecule has 1 rings (SSSR count). The Morgan fingerprint density at radius 1 is 1.50 bits per heavy atom. The molecule has 86 valence electrons. The van der Waals surface area contributed by atoms with Crippen molar-refractivity contribution in [2.45, 2.75) is 25.7 Å². The lowest BCUT2D eigenvalue weighted by Gasteiger charge is -2.20. The summed E-state index contributed by atoms with van der Waals surface area (Å²) in [5.41, 5.74) is 0.667. The minimum absolute atomic E-state index is 0.321. The standard InChI is InChI=1S/C12H16N2O2/c1-5-6-9-7-14-10(8-13-9)12(2,3)11(15)16-4/h5,7-8H,1,6H2,2-4H3. The van der Waals surface area contributed by atoms with E-state index in [9.17, 15) is 4.79 Å². The van der Waals surface area contributed by atoms with Gasteiger partial charge in [0.15, 0.2) is 0 Å². The lowest BCUT2D eigenvalue weighted by Crippen LogP contribution is -2.31. The van der Waals surface area contributed by atoms with Crippen molar-refractivity contribution in [2.75, 3.05) is 7.11 Å². The topological polar surface area (TPSA) is 52.1 Å². The van der Waals surface area contributed by atoms with Crippen molar-refractivity contribution in [2.24, 2.45) is 0 Å². The molecule has 16 heavy (non-hydrogen) atoms. The number of ether oxygens (including phenoxy) is 1. The molecular weight excluding hydrogens is 204 g/mol. The zero-order chi connectivity index (χ0) is 12.2. The molecule has 0 aliphatic rings. The summed E-state index contributed by atoms with van der Waals surface area (Å²) in [5.74, 6) is -0.321. The third-order valence-corrected chi connectivity index (χ3v) is 2.39. The predicted octanol–water partition coefficient (Wildman–Crippen LogP) is 1.66. The molecule has 1 heterocycles. The van der Waals surface area contributed by atoms with Crippen LogP contribution < -0.4 is 0 Å². The molecule has 0 radical (unpaired) electrons. The first kappa shape index (κ1) is 12.4. The lowest BCUT2D eigenvalue weighted by molar-refractivity contribution is -0.146. The maximum absolute atomic E-state index is 11.5. The molecule has 0 aromatic carbocycles. The van der Waals surface area contributed by atoms with Gasteiger partial charge in [0, 0.05) is 18.8 Å². The molecule has 0 spiro atoms. The molecule has 4 nitrogen and oxygen atoms in total. The van der Waals surface area contributed by atoms with Gasteiger partial charge in [-0.1, -0.05) is 6.08 Å². The molecule has 0 bridgehead atoms. The Labute approximate surface area is 95.4 Å². The van der Waals surface area contributed by atoms with Gasteiger partial charge in [0.1, 0.15) is 5.41 Å². The molecule has 0 unspecified atom stereocenters. The summed E-state index contributed by atoms with van der Waals surface area (Å²) in [6.45, 7) is 7.15. The largest absolute Gasteiger partial charge is 0.468 e. The highest BCUT2D eigenvalue weighted by Gasteiger charge is 2.32. The fourth-order valence-corrected chi connectivity index (χ4v) is 1.29. The molecule has 4 heteroatoms. The first-order chi connectivity index (χ1) is 7.52. The summed E-state index contributed by atoms with van der Waals surface area (Å²) >= 11 is 0. The van der Waals surface area contributed by atoms with Gasteiger partial charge in [-0.2, -0.15) is 0 Å². The Balaban J connectivity index is 2.96. The lowest BCUT2D eigenvalue weighted by atomic mass is 9.90. The Morgan fingerprint density at radius 2 is 2.19 bits per heavy atom. The van der Waals surface area contributed by atoms with E-state index >= 15 is 0 Å². The average molecular weight is 220 g/mol. The molecule has 0 fully saturated rings. The SMILES string of the molecule is C=CCc1cnc(C(C)(C)C(=O)OC)cn1. The zero-order valence-electron chi connectivity index (χ0n) is 9.86. The van der Waals surface area contributed by atoms with E-state index in [4.69, 9.17) is 4.74 Å². The zero-order valence-corrected chi connectivity index (χ0v) is 9.86. The van der Waals surface area contributed by atoms with Gasteiger partial charge in [-0.05, 0) is 13.8 Å². The maximum atomic E-state index is 11.5. The highest BCUT2D eigenvalue weighted by Crippen LogP contribution is 2.21. The molecule has 0 aliphatic heterocycles. The summed E-state index contributed by atoms with van der Waals surface area (Å²) in [6.07, 6.45) is 5.69. The number of esters is 1. The third kappa shape index (κ3) is 2.45. The van der Waals surface area contributed by atoms with Gasteiger partial charge in [0.2, 0.25) is 0 Å². The molecule has 0 aliphatic carbocycles. The first-order valence-corrected chi connectivity index (χ1v) is 5.03. The second-order valence-electron chi connectivity index (χ2n) is 4.00. The number of carbonyl (C=O) groups is 1. The van der Waals surface area contributed by atoms with Gasteiger partial charge < -0.3 is 4.74 Å². The summed E-state index contributed by atoms with van der Waals surface area (Å²) in [5, 5.41) is 0. The van der Waals surface area contributed by atoms with Crippen LogP contribution in [0.1, 0.15) is 25.2 Å². The van der Waals surface area contributed by atoms with Gasteiger partial charge in [-0.3, -0.25) is 14.8 Å². The van der Waals surface area contributed by atoms with E-state index < -0.39 is 5.41 Å². The monoisotopic (exact) mass is 220 g/mol. The Bertz CT molecular complexity index is 383. The number of allylic oxidation sites excluding steroid dienone is 1. The van der Waals surface area contributed by atoms with Gasteiger partial charge in [-0.25, -0.2) is 0 Å². The fourth-order valence-electron chi connectivity index (χ4n) is 1.29. The van der Waals surface area contributed by atoms with E-state index in [1.165, 1.54) is 7.11 Å². The maximum Gasteiger partial charge on any atom is 0.317 e. The molecular formula is C12H16N2O2. The molecule has 0 amide bonds. The van der Waals surface area contributed by atoms with E-state index in [1.54, 1.807) is 32.3 Å². The number of aromatic nitrogens is 2. The second kappa shape index (κ2) is 4.88. The number of nitrogens with zero attached hydrogens (tertiary/aromatic N) is 2. The fraction of sp³-hybridized carbons (Fsp3) is 0.417. The summed E-state index contributed by atoms with van der Waals surface area (Å²) in [4.78, 5) is 20.0. The summed E-state index contributed by atoms with van der Waals surface area (Å²) < 4.78 is 4.72. The van der Waals surface area contributed by atoms with Crippen LogP contribution >= 0.6 is 0 Å². The molecule has 0 N–H and O–H groups in total. The normalized spacial score (nSPS) is 10.9. The van der Waals surface area contributed by atoms with Crippen molar-refractivity contribution < 1.29 is 9.53 Å². The van der Waals surface area contributed by atoms with Gasteiger partial charge >= 0.3 is 5.97 Å². The highest BCUT2D eigenvalue weighted by atomic mass is 16.5. The minimum atomic E-state index is -0.769. The predicted molar refractivity (Wildman–Crippen MR) is 61.0 cm³/mol. The van der Waals surface area contributed by atoms with Crippen molar-refractivity contribution in [1.82, 2.24) is 9.97 Å². The van der Waals surface area contributed by atoms with Crippen LogP contribution in [0.4, 0.5) is 0 Å². The van der Waals surface area contributed by atoms with Crippen LogP contribution in [0.3, 0.4) is 0 Å². The number of rotatable bonds is 4. The number of hydrogen-bond acceptors (Lipinski definition) is 4. The average Bonchev–Trinajstić information content (AvgIpc) is 2.29. The van der Waals surface area contributed by atoms with E-state index in [-0.39, 0.29) is 5.97 Å². The summed E-state index contributed by atoms with van der Waals surface area (Å²) in [7, 11) is 1.36. The van der Waals surface area contributed by atoms with Crippen molar-refractivity contribution in [3.8, 4) is 0 Å². The number of carbonyl (C=O) groups excluding carboxylic acids is 1. The molecule has 0 saturated carbocycles. The van der Waals surface area contributed by atoms with Crippen LogP contribution in [0.2, 0.25) is 0 Å². The van der Waals surface area contributed by atoms with Crippen molar-refractivity contribution >= 4 is 5.97 Å². The van der Waals surface area contributed by atoms with Crippen LogP contribution in [0.25, 0.3) is 0 Å². The quantitative estimate of drug-likeness (QED) is 0.572. The Morgan fingerprint density at radius 3 is 2.62 bits per heavy atom. The first-order valence-electron chi connectivity index (χ1n) is 5.03. The minimum Gasteiger partial charge on any atom is -0.468 e.